The molecule has 4 rings (SSSR count). The average molecular weight is 474 g/mol. The van der Waals surface area contributed by atoms with Crippen LogP contribution in [0.25, 0.3) is 16.6 Å². The van der Waals surface area contributed by atoms with Gasteiger partial charge in [-0.15, -0.1) is 5.10 Å². The lowest BCUT2D eigenvalue weighted by atomic mass is 9.95. The minimum Gasteiger partial charge on any atom is -0.490 e. The highest BCUT2D eigenvalue weighted by Crippen LogP contribution is 2.33. The van der Waals surface area contributed by atoms with Crippen LogP contribution in [-0.4, -0.2) is 39.1 Å². The topological polar surface area (TPSA) is 91.2 Å². The van der Waals surface area contributed by atoms with Crippen molar-refractivity contribution in [2.24, 2.45) is 5.92 Å². The van der Waals surface area contributed by atoms with Crippen molar-refractivity contribution < 1.29 is 14.3 Å². The van der Waals surface area contributed by atoms with Crippen molar-refractivity contribution in [3.63, 3.8) is 0 Å². The fourth-order valence-electron chi connectivity index (χ4n) is 4.08. The minimum absolute atomic E-state index is 0.134. The maximum atomic E-state index is 13.3. The molecule has 0 spiro atoms. The average Bonchev–Trinajstić information content (AvgIpc) is 3.24. The first-order valence-electron chi connectivity index (χ1n) is 11.9. The van der Waals surface area contributed by atoms with Gasteiger partial charge in [-0.2, -0.15) is 0 Å². The van der Waals surface area contributed by atoms with E-state index in [9.17, 15) is 4.79 Å². The van der Waals surface area contributed by atoms with Gasteiger partial charge < -0.3 is 14.8 Å². The first-order chi connectivity index (χ1) is 16.9. The second-order valence-electron chi connectivity index (χ2n) is 8.58. The summed E-state index contributed by atoms with van der Waals surface area (Å²) < 4.78 is 13.1. The molecule has 35 heavy (non-hydrogen) atoms. The van der Waals surface area contributed by atoms with E-state index >= 15 is 0 Å². The number of amides is 1. The molecule has 0 aliphatic carbocycles. The number of nitrogens with one attached hydrogen (secondary N) is 1. The summed E-state index contributed by atoms with van der Waals surface area (Å²) in [6.07, 6.45) is 1.76. The third kappa shape index (κ3) is 5.11. The molecule has 2 aromatic heterocycles. The summed E-state index contributed by atoms with van der Waals surface area (Å²) in [5, 5.41) is 12.6. The Kier molecular flexibility index (Phi) is 7.29. The summed E-state index contributed by atoms with van der Waals surface area (Å²) in [6, 6.07) is 15.3. The summed E-state index contributed by atoms with van der Waals surface area (Å²) in [5.41, 5.74) is 3.61. The highest BCUT2D eigenvalue weighted by Gasteiger charge is 2.24. The van der Waals surface area contributed by atoms with Crippen LogP contribution in [0.4, 0.5) is 0 Å². The highest BCUT2D eigenvalue weighted by atomic mass is 16.5. The number of carbonyl (C=O) groups excluding carboxylic acids is 1. The number of aromatic nitrogens is 4. The van der Waals surface area contributed by atoms with Gasteiger partial charge in [-0.3, -0.25) is 9.78 Å². The summed E-state index contributed by atoms with van der Waals surface area (Å²) >= 11 is 0. The van der Waals surface area contributed by atoms with Crippen LogP contribution in [0.2, 0.25) is 0 Å². The van der Waals surface area contributed by atoms with Crippen molar-refractivity contribution in [1.82, 2.24) is 25.3 Å². The van der Waals surface area contributed by atoms with Gasteiger partial charge in [0, 0.05) is 11.6 Å². The molecule has 8 heteroatoms. The number of hydrogen-bond donors (Lipinski definition) is 1. The summed E-state index contributed by atoms with van der Waals surface area (Å²) in [7, 11) is 0. The molecule has 0 saturated heterocycles. The molecule has 0 aliphatic rings. The number of hydrogen-bond acceptors (Lipinski definition) is 6. The zero-order valence-electron chi connectivity index (χ0n) is 20.8. The van der Waals surface area contributed by atoms with Gasteiger partial charge in [-0.05, 0) is 68.7 Å². The van der Waals surface area contributed by atoms with Gasteiger partial charge in [0.15, 0.2) is 17.2 Å². The normalized spacial score (nSPS) is 12.1. The van der Waals surface area contributed by atoms with Crippen LogP contribution in [0.1, 0.15) is 55.5 Å². The molecule has 8 nitrogen and oxygen atoms in total. The van der Waals surface area contributed by atoms with Crippen molar-refractivity contribution in [1.29, 1.82) is 0 Å². The molecule has 4 aromatic rings. The Balaban J connectivity index is 1.60. The van der Waals surface area contributed by atoms with Gasteiger partial charge in [0.25, 0.3) is 5.91 Å². The van der Waals surface area contributed by atoms with Crippen LogP contribution in [-0.2, 0) is 0 Å². The second kappa shape index (κ2) is 10.5. The van der Waals surface area contributed by atoms with Crippen molar-refractivity contribution in [3.8, 4) is 17.2 Å². The largest absolute Gasteiger partial charge is 0.490 e. The molecule has 0 bridgehead atoms. The van der Waals surface area contributed by atoms with Crippen molar-refractivity contribution in [3.05, 3.63) is 71.7 Å². The Bertz CT molecular complexity index is 1330. The third-order valence-corrected chi connectivity index (χ3v) is 5.82. The highest BCUT2D eigenvalue weighted by molar-refractivity contribution is 5.93. The number of carbonyl (C=O) groups is 1. The van der Waals surface area contributed by atoms with Crippen molar-refractivity contribution >= 4 is 16.8 Å². The van der Waals surface area contributed by atoms with E-state index in [-0.39, 0.29) is 23.6 Å². The predicted molar refractivity (Wildman–Crippen MR) is 135 cm³/mol. The molecule has 0 saturated carbocycles. The smallest absolute Gasteiger partial charge is 0.274 e. The minimum atomic E-state index is -0.276. The summed E-state index contributed by atoms with van der Waals surface area (Å²) in [5.74, 6) is 1.22. The maximum Gasteiger partial charge on any atom is 0.274 e. The number of ether oxygens (including phenoxy) is 2. The molecule has 1 amide bonds. The van der Waals surface area contributed by atoms with Crippen molar-refractivity contribution in [2.45, 2.75) is 40.7 Å². The Morgan fingerprint density at radius 2 is 1.80 bits per heavy atom. The van der Waals surface area contributed by atoms with Crippen LogP contribution in [0.5, 0.6) is 11.5 Å². The van der Waals surface area contributed by atoms with Crippen LogP contribution in [0.3, 0.4) is 0 Å². The van der Waals surface area contributed by atoms with Gasteiger partial charge in [0.1, 0.15) is 0 Å². The lowest BCUT2D eigenvalue weighted by Gasteiger charge is -2.24. The summed E-state index contributed by atoms with van der Waals surface area (Å²) in [6.45, 7) is 10.9. The van der Waals surface area contributed by atoms with E-state index in [2.05, 4.69) is 34.5 Å². The van der Waals surface area contributed by atoms with E-state index in [1.54, 1.807) is 10.9 Å². The molecule has 0 radical (unpaired) electrons. The molecule has 1 atom stereocenters. The van der Waals surface area contributed by atoms with Crippen LogP contribution in [0, 0.1) is 12.8 Å². The van der Waals surface area contributed by atoms with Gasteiger partial charge in [0.05, 0.1) is 36.2 Å². The maximum absolute atomic E-state index is 13.3. The molecule has 0 aliphatic heterocycles. The standard InChI is InChI=1S/C27H31N5O3/c1-6-34-23-13-10-20(16-24(23)35-7-2)25(17(3)4)29-27(33)26-18(5)32(31-30-26)21-11-12-22-19(15-21)9-8-14-28-22/h8-17,25H,6-7H2,1-5H3,(H,29,33). The molecule has 0 fully saturated rings. The molecular weight excluding hydrogens is 442 g/mol. The first-order valence-corrected chi connectivity index (χ1v) is 11.9. The van der Waals surface area contributed by atoms with Gasteiger partial charge in [0.2, 0.25) is 0 Å². The van der Waals surface area contributed by atoms with Crippen LogP contribution < -0.4 is 14.8 Å². The van der Waals surface area contributed by atoms with Gasteiger partial charge in [-0.25, -0.2) is 4.68 Å². The predicted octanol–water partition coefficient (Wildman–Crippen LogP) is 5.05. The van der Waals surface area contributed by atoms with Crippen LogP contribution in [0.15, 0.2) is 54.7 Å². The van der Waals surface area contributed by atoms with Gasteiger partial charge in [-0.1, -0.05) is 31.2 Å². The number of rotatable bonds is 9. The van der Waals surface area contributed by atoms with E-state index < -0.39 is 0 Å². The van der Waals surface area contributed by atoms with E-state index in [4.69, 9.17) is 9.47 Å². The van der Waals surface area contributed by atoms with Gasteiger partial charge >= 0.3 is 0 Å². The fourth-order valence-corrected chi connectivity index (χ4v) is 4.08. The Hall–Kier alpha value is -3.94. The van der Waals surface area contributed by atoms with E-state index in [0.29, 0.717) is 30.4 Å². The fraction of sp³-hybridized carbons (Fsp3) is 0.333. The number of pyridine rings is 1. The molecular formula is C27H31N5O3. The number of benzene rings is 2. The monoisotopic (exact) mass is 473 g/mol. The third-order valence-electron chi connectivity index (χ3n) is 5.82. The zero-order valence-corrected chi connectivity index (χ0v) is 20.8. The molecule has 2 heterocycles. The van der Waals surface area contributed by atoms with Crippen LogP contribution >= 0.6 is 0 Å². The number of fused-ring (bicyclic) bond motifs is 1. The lowest BCUT2D eigenvalue weighted by Crippen LogP contribution is -2.32. The molecule has 1 N–H and O–H groups in total. The zero-order chi connectivity index (χ0) is 24.9. The van der Waals surface area contributed by atoms with E-state index in [1.807, 2.05) is 69.3 Å². The van der Waals surface area contributed by atoms with Crippen molar-refractivity contribution in [2.75, 3.05) is 13.2 Å². The Morgan fingerprint density at radius 1 is 1.03 bits per heavy atom. The number of nitrogens with zero attached hydrogens (tertiary/aromatic N) is 4. The van der Waals surface area contributed by atoms with E-state index in [1.165, 1.54) is 0 Å². The first kappa shape index (κ1) is 24.2. The SMILES string of the molecule is CCOc1ccc(C(NC(=O)c2nnn(-c3ccc4ncccc4c3)c2C)C(C)C)cc1OCC. The Morgan fingerprint density at radius 3 is 2.54 bits per heavy atom. The lowest BCUT2D eigenvalue weighted by molar-refractivity contribution is 0.0919. The Labute approximate surface area is 205 Å². The molecule has 182 valence electrons. The quantitative estimate of drug-likeness (QED) is 0.366. The molecule has 2 aromatic carbocycles. The summed E-state index contributed by atoms with van der Waals surface area (Å²) in [4.78, 5) is 17.7. The van der Waals surface area contributed by atoms with E-state index in [0.717, 1.165) is 22.2 Å². The second-order valence-corrected chi connectivity index (χ2v) is 8.58. The molecule has 1 unspecified atom stereocenters.